The Morgan fingerprint density at radius 3 is 2.74 bits per heavy atom. The number of carbonyl (C=O) groups excluding carboxylic acids is 1. The lowest BCUT2D eigenvalue weighted by atomic mass is 9.77. The highest BCUT2D eigenvalue weighted by Gasteiger charge is 2.46. The van der Waals surface area contributed by atoms with Crippen molar-refractivity contribution in [1.29, 1.82) is 0 Å². The van der Waals surface area contributed by atoms with Gasteiger partial charge in [-0.15, -0.1) is 0 Å². The van der Waals surface area contributed by atoms with E-state index in [1.807, 2.05) is 24.3 Å². The van der Waals surface area contributed by atoms with E-state index in [0.717, 1.165) is 24.3 Å². The van der Waals surface area contributed by atoms with Crippen molar-refractivity contribution in [2.24, 2.45) is 5.92 Å². The average Bonchev–Trinajstić information content (AvgIpc) is 2.80. The van der Waals surface area contributed by atoms with Crippen molar-refractivity contribution in [1.82, 2.24) is 5.32 Å². The average molecular weight is 280 g/mol. The second-order valence-corrected chi connectivity index (χ2v) is 5.93. The van der Waals surface area contributed by atoms with Crippen molar-refractivity contribution < 1.29 is 9.53 Å². The summed E-state index contributed by atoms with van der Waals surface area (Å²) in [5, 5.41) is 4.27. The number of hydrogen-bond donors (Lipinski definition) is 1. The topological polar surface area (TPSA) is 38.3 Å². The molecule has 0 radical (unpaired) electrons. The minimum absolute atomic E-state index is 0.0788. The molecule has 2 bridgehead atoms. The lowest BCUT2D eigenvalue weighted by Crippen LogP contribution is -2.48. The van der Waals surface area contributed by atoms with E-state index in [9.17, 15) is 4.79 Å². The summed E-state index contributed by atoms with van der Waals surface area (Å²) in [6.07, 6.45) is 3.22. The Balaban J connectivity index is 1.92. The first-order chi connectivity index (χ1) is 9.19. The van der Waals surface area contributed by atoms with E-state index in [-0.39, 0.29) is 23.8 Å². The van der Waals surface area contributed by atoms with Crippen LogP contribution in [0, 0.1) is 5.92 Å². The summed E-state index contributed by atoms with van der Waals surface area (Å²) in [7, 11) is 1.47. The molecule has 1 aromatic carbocycles. The van der Waals surface area contributed by atoms with Gasteiger partial charge in [-0.2, -0.15) is 0 Å². The molecule has 19 heavy (non-hydrogen) atoms. The summed E-state index contributed by atoms with van der Waals surface area (Å²) < 4.78 is 5.01. The third-order valence-electron chi connectivity index (χ3n) is 4.45. The van der Waals surface area contributed by atoms with Gasteiger partial charge in [0.15, 0.2) is 0 Å². The van der Waals surface area contributed by atoms with Crippen LogP contribution in [0.2, 0.25) is 5.02 Å². The molecule has 0 saturated carbocycles. The Labute approximate surface area is 118 Å². The van der Waals surface area contributed by atoms with Gasteiger partial charge in [0.25, 0.3) is 0 Å². The molecule has 2 unspecified atom stereocenters. The molecule has 3 rings (SSSR count). The SMILES string of the molecule is COC(=O)C1C2CC[C@@H](C[C@@H]1c1ccc(Cl)cc1)N2. The number of nitrogens with one attached hydrogen (secondary N) is 1. The number of fused-ring (bicyclic) bond motifs is 2. The van der Waals surface area contributed by atoms with Gasteiger partial charge in [-0.1, -0.05) is 23.7 Å². The highest BCUT2D eigenvalue weighted by molar-refractivity contribution is 6.30. The van der Waals surface area contributed by atoms with Gasteiger partial charge in [-0.25, -0.2) is 0 Å². The second kappa shape index (κ2) is 5.14. The fraction of sp³-hybridized carbons (Fsp3) is 0.533. The highest BCUT2D eigenvalue weighted by Crippen LogP contribution is 2.42. The van der Waals surface area contributed by atoms with Crippen LogP contribution in [-0.4, -0.2) is 25.2 Å². The number of rotatable bonds is 2. The minimum atomic E-state index is -0.0993. The van der Waals surface area contributed by atoms with Crippen molar-refractivity contribution in [3.63, 3.8) is 0 Å². The first-order valence-electron chi connectivity index (χ1n) is 6.78. The van der Waals surface area contributed by atoms with Crippen LogP contribution in [0.1, 0.15) is 30.7 Å². The van der Waals surface area contributed by atoms with Crippen LogP contribution in [0.5, 0.6) is 0 Å². The number of benzene rings is 1. The van der Waals surface area contributed by atoms with Crippen LogP contribution in [0.4, 0.5) is 0 Å². The van der Waals surface area contributed by atoms with E-state index >= 15 is 0 Å². The first kappa shape index (κ1) is 12.9. The molecule has 3 nitrogen and oxygen atoms in total. The summed E-state index contributed by atoms with van der Waals surface area (Å²) in [4.78, 5) is 12.1. The normalized spacial score (nSPS) is 33.2. The summed E-state index contributed by atoms with van der Waals surface area (Å²) in [5.41, 5.74) is 1.19. The first-order valence-corrected chi connectivity index (χ1v) is 7.16. The molecule has 2 saturated heterocycles. The number of esters is 1. The Hall–Kier alpha value is -1.06. The summed E-state index contributed by atoms with van der Waals surface area (Å²) in [5.74, 6) is 0.0613. The number of hydrogen-bond acceptors (Lipinski definition) is 3. The van der Waals surface area contributed by atoms with E-state index in [0.29, 0.717) is 6.04 Å². The lowest BCUT2D eigenvalue weighted by molar-refractivity contribution is -0.148. The van der Waals surface area contributed by atoms with Crippen LogP contribution in [0.25, 0.3) is 0 Å². The highest BCUT2D eigenvalue weighted by atomic mass is 35.5. The molecule has 2 aliphatic rings. The van der Waals surface area contributed by atoms with Crippen molar-refractivity contribution in [3.05, 3.63) is 34.9 Å². The Morgan fingerprint density at radius 2 is 2.05 bits per heavy atom. The predicted octanol–water partition coefficient (Wildman–Crippen LogP) is 2.74. The van der Waals surface area contributed by atoms with Crippen LogP contribution in [0.3, 0.4) is 0 Å². The fourth-order valence-electron chi connectivity index (χ4n) is 3.57. The molecule has 2 fully saturated rings. The molecule has 4 heteroatoms. The largest absolute Gasteiger partial charge is 0.469 e. The third-order valence-corrected chi connectivity index (χ3v) is 4.70. The van der Waals surface area contributed by atoms with Crippen molar-refractivity contribution in [2.75, 3.05) is 7.11 Å². The monoisotopic (exact) mass is 279 g/mol. The molecule has 0 aromatic heterocycles. The van der Waals surface area contributed by atoms with Gasteiger partial charge in [0, 0.05) is 23.0 Å². The predicted molar refractivity (Wildman–Crippen MR) is 74.3 cm³/mol. The van der Waals surface area contributed by atoms with Gasteiger partial charge in [-0.05, 0) is 37.0 Å². The van der Waals surface area contributed by atoms with Crippen LogP contribution in [0.15, 0.2) is 24.3 Å². The van der Waals surface area contributed by atoms with Gasteiger partial charge in [0.1, 0.15) is 0 Å². The molecule has 2 aliphatic heterocycles. The van der Waals surface area contributed by atoms with Gasteiger partial charge in [-0.3, -0.25) is 4.79 Å². The van der Waals surface area contributed by atoms with Crippen LogP contribution < -0.4 is 5.32 Å². The maximum absolute atomic E-state index is 12.1. The number of halogens is 1. The Kier molecular flexibility index (Phi) is 3.50. The van der Waals surface area contributed by atoms with Crippen molar-refractivity contribution in [2.45, 2.75) is 37.3 Å². The molecule has 2 heterocycles. The minimum Gasteiger partial charge on any atom is -0.469 e. The molecule has 1 N–H and O–H groups in total. The smallest absolute Gasteiger partial charge is 0.310 e. The molecule has 102 valence electrons. The Bertz CT molecular complexity index is 474. The number of carbonyl (C=O) groups is 1. The van der Waals surface area contributed by atoms with E-state index in [1.54, 1.807) is 0 Å². The summed E-state index contributed by atoms with van der Waals surface area (Å²) in [6.45, 7) is 0. The number of ether oxygens (including phenoxy) is 1. The second-order valence-electron chi connectivity index (χ2n) is 5.49. The maximum atomic E-state index is 12.1. The van der Waals surface area contributed by atoms with Crippen LogP contribution >= 0.6 is 11.6 Å². The van der Waals surface area contributed by atoms with Crippen molar-refractivity contribution >= 4 is 17.6 Å². The van der Waals surface area contributed by atoms with E-state index in [1.165, 1.54) is 12.7 Å². The lowest BCUT2D eigenvalue weighted by Gasteiger charge is -2.36. The Morgan fingerprint density at radius 1 is 1.32 bits per heavy atom. The zero-order valence-corrected chi connectivity index (χ0v) is 11.7. The molecular weight excluding hydrogens is 262 g/mol. The fourth-order valence-corrected chi connectivity index (χ4v) is 3.70. The van der Waals surface area contributed by atoms with E-state index in [2.05, 4.69) is 5.32 Å². The number of piperidine rings is 1. The van der Waals surface area contributed by atoms with Gasteiger partial charge >= 0.3 is 5.97 Å². The number of methoxy groups -OCH3 is 1. The summed E-state index contributed by atoms with van der Waals surface area (Å²) in [6, 6.07) is 8.66. The van der Waals surface area contributed by atoms with Gasteiger partial charge < -0.3 is 10.1 Å². The molecule has 1 aromatic rings. The molecule has 0 amide bonds. The van der Waals surface area contributed by atoms with Crippen LogP contribution in [-0.2, 0) is 9.53 Å². The van der Waals surface area contributed by atoms with Gasteiger partial charge in [0.2, 0.25) is 0 Å². The molecule has 4 atom stereocenters. The van der Waals surface area contributed by atoms with Crippen molar-refractivity contribution in [3.8, 4) is 0 Å². The zero-order valence-electron chi connectivity index (χ0n) is 10.9. The zero-order chi connectivity index (χ0) is 13.4. The quantitative estimate of drug-likeness (QED) is 0.846. The van der Waals surface area contributed by atoms with Gasteiger partial charge in [0.05, 0.1) is 13.0 Å². The third kappa shape index (κ3) is 2.37. The van der Waals surface area contributed by atoms with E-state index < -0.39 is 0 Å². The molecular formula is C15H18ClNO2. The maximum Gasteiger partial charge on any atom is 0.310 e. The summed E-state index contributed by atoms with van der Waals surface area (Å²) >= 11 is 5.94. The molecule has 0 aliphatic carbocycles. The van der Waals surface area contributed by atoms with E-state index in [4.69, 9.17) is 16.3 Å². The molecule has 0 spiro atoms. The standard InChI is InChI=1S/C15H18ClNO2/c1-19-15(18)14-12(8-11-6-7-13(14)17-11)9-2-4-10(16)5-3-9/h2-5,11-14,17H,6-8H2,1H3/t11-,12+,13?,14?/m0/s1.